The zero-order valence-electron chi connectivity index (χ0n) is 12.7. The van der Waals surface area contributed by atoms with Crippen LogP contribution >= 0.6 is 0 Å². The van der Waals surface area contributed by atoms with Crippen LogP contribution in [0.3, 0.4) is 0 Å². The van der Waals surface area contributed by atoms with Gasteiger partial charge in [0.1, 0.15) is 0 Å². The van der Waals surface area contributed by atoms with Crippen LogP contribution in [0.1, 0.15) is 45.1 Å². The first-order valence-corrected chi connectivity index (χ1v) is 7.16. The molecule has 108 valence electrons. The molecule has 0 aliphatic rings. The van der Waals surface area contributed by atoms with E-state index in [0.717, 1.165) is 23.6 Å². The van der Waals surface area contributed by atoms with Gasteiger partial charge in [0, 0.05) is 18.2 Å². The third-order valence-corrected chi connectivity index (χ3v) is 3.37. The van der Waals surface area contributed by atoms with Crippen LogP contribution in [0.4, 0.5) is 0 Å². The highest BCUT2D eigenvalue weighted by Crippen LogP contribution is 2.30. The van der Waals surface area contributed by atoms with Crippen LogP contribution in [0.15, 0.2) is 18.2 Å². The van der Waals surface area contributed by atoms with Crippen molar-refractivity contribution in [2.75, 3.05) is 14.2 Å². The zero-order valence-corrected chi connectivity index (χ0v) is 12.7. The minimum Gasteiger partial charge on any atom is -0.493 e. The first-order chi connectivity index (χ1) is 9.22. The molecule has 1 rings (SSSR count). The second-order valence-electron chi connectivity index (χ2n) is 4.93. The van der Waals surface area contributed by atoms with Gasteiger partial charge in [-0.15, -0.1) is 0 Å². The topological polar surface area (TPSA) is 30.5 Å². The lowest BCUT2D eigenvalue weighted by Gasteiger charge is -2.16. The third kappa shape index (κ3) is 5.11. The van der Waals surface area contributed by atoms with Gasteiger partial charge in [-0.25, -0.2) is 0 Å². The van der Waals surface area contributed by atoms with Crippen LogP contribution in [0.25, 0.3) is 0 Å². The number of rotatable bonds is 9. The summed E-state index contributed by atoms with van der Waals surface area (Å²) in [7, 11) is 3.36. The molecule has 1 unspecified atom stereocenters. The number of methoxy groups -OCH3 is 2. The van der Waals surface area contributed by atoms with Crippen LogP contribution in [0, 0.1) is 0 Å². The van der Waals surface area contributed by atoms with Gasteiger partial charge in [0.25, 0.3) is 0 Å². The average molecular weight is 265 g/mol. The van der Waals surface area contributed by atoms with E-state index in [9.17, 15) is 0 Å². The van der Waals surface area contributed by atoms with Gasteiger partial charge >= 0.3 is 0 Å². The van der Waals surface area contributed by atoms with Crippen molar-refractivity contribution in [1.29, 1.82) is 0 Å². The van der Waals surface area contributed by atoms with Gasteiger partial charge < -0.3 is 14.8 Å². The predicted molar refractivity (Wildman–Crippen MR) is 80.0 cm³/mol. The molecule has 3 nitrogen and oxygen atoms in total. The molecule has 0 amide bonds. The van der Waals surface area contributed by atoms with E-state index >= 15 is 0 Å². The molecule has 0 radical (unpaired) electrons. The van der Waals surface area contributed by atoms with Gasteiger partial charge in [0.15, 0.2) is 11.5 Å². The van der Waals surface area contributed by atoms with Gasteiger partial charge in [-0.05, 0) is 19.4 Å². The van der Waals surface area contributed by atoms with Crippen LogP contribution in [0.2, 0.25) is 0 Å². The molecule has 1 aromatic rings. The fraction of sp³-hybridized carbons (Fsp3) is 0.625. The predicted octanol–water partition coefficient (Wildman–Crippen LogP) is 3.76. The van der Waals surface area contributed by atoms with Gasteiger partial charge in [-0.3, -0.25) is 0 Å². The summed E-state index contributed by atoms with van der Waals surface area (Å²) in [6.07, 6.45) is 5.10. The van der Waals surface area contributed by atoms with Crippen molar-refractivity contribution < 1.29 is 9.47 Å². The van der Waals surface area contributed by atoms with Crippen molar-refractivity contribution in [2.24, 2.45) is 0 Å². The van der Waals surface area contributed by atoms with E-state index < -0.39 is 0 Å². The molecule has 1 aromatic carbocycles. The molecule has 19 heavy (non-hydrogen) atoms. The van der Waals surface area contributed by atoms with Gasteiger partial charge in [-0.1, -0.05) is 38.3 Å². The van der Waals surface area contributed by atoms with E-state index in [1.807, 2.05) is 12.1 Å². The summed E-state index contributed by atoms with van der Waals surface area (Å²) in [6.45, 7) is 5.29. The minimum atomic E-state index is 0.530. The van der Waals surface area contributed by atoms with Gasteiger partial charge in [0.05, 0.1) is 14.2 Å². The van der Waals surface area contributed by atoms with Gasteiger partial charge in [-0.2, -0.15) is 0 Å². The molecule has 0 heterocycles. The third-order valence-electron chi connectivity index (χ3n) is 3.37. The Morgan fingerprint density at radius 3 is 2.58 bits per heavy atom. The number of para-hydroxylation sites is 1. The average Bonchev–Trinajstić information content (AvgIpc) is 2.44. The van der Waals surface area contributed by atoms with Crippen LogP contribution in [-0.2, 0) is 6.54 Å². The highest BCUT2D eigenvalue weighted by atomic mass is 16.5. The number of benzene rings is 1. The molecule has 0 aliphatic heterocycles. The molecule has 1 N–H and O–H groups in total. The summed E-state index contributed by atoms with van der Waals surface area (Å²) >= 11 is 0. The first-order valence-electron chi connectivity index (χ1n) is 7.16. The number of unbranched alkanes of at least 4 members (excludes halogenated alkanes) is 2. The molecular weight excluding hydrogens is 238 g/mol. The van der Waals surface area contributed by atoms with Crippen LogP contribution < -0.4 is 14.8 Å². The number of nitrogens with one attached hydrogen (secondary N) is 1. The van der Waals surface area contributed by atoms with Crippen LogP contribution in [0.5, 0.6) is 11.5 Å². The Morgan fingerprint density at radius 2 is 1.95 bits per heavy atom. The van der Waals surface area contributed by atoms with E-state index in [0.29, 0.717) is 6.04 Å². The molecular formula is C16H27NO2. The van der Waals surface area contributed by atoms with Crippen molar-refractivity contribution in [1.82, 2.24) is 5.32 Å². The highest BCUT2D eigenvalue weighted by Gasteiger charge is 2.10. The van der Waals surface area contributed by atoms with Crippen molar-refractivity contribution in [3.63, 3.8) is 0 Å². The molecule has 0 aromatic heterocycles. The molecule has 0 aliphatic carbocycles. The number of ether oxygens (including phenoxy) is 2. The van der Waals surface area contributed by atoms with Crippen LogP contribution in [-0.4, -0.2) is 20.3 Å². The van der Waals surface area contributed by atoms with E-state index in [1.54, 1.807) is 14.2 Å². The summed E-state index contributed by atoms with van der Waals surface area (Å²) in [5, 5.41) is 3.55. The Morgan fingerprint density at radius 1 is 1.16 bits per heavy atom. The summed E-state index contributed by atoms with van der Waals surface area (Å²) in [4.78, 5) is 0. The fourth-order valence-corrected chi connectivity index (χ4v) is 2.18. The standard InChI is InChI=1S/C16H27NO2/c1-5-6-7-9-13(2)17-12-14-10-8-11-15(18-3)16(14)19-4/h8,10-11,13,17H,5-7,9,12H2,1-4H3. The second-order valence-corrected chi connectivity index (χ2v) is 4.93. The first kappa shape index (κ1) is 15.8. The maximum atomic E-state index is 5.43. The molecule has 0 bridgehead atoms. The lowest BCUT2D eigenvalue weighted by molar-refractivity contribution is 0.349. The minimum absolute atomic E-state index is 0.530. The molecule has 0 saturated carbocycles. The molecule has 0 spiro atoms. The lowest BCUT2D eigenvalue weighted by atomic mass is 10.1. The largest absolute Gasteiger partial charge is 0.493 e. The second kappa shape index (κ2) is 8.81. The van der Waals surface area contributed by atoms with Crippen molar-refractivity contribution in [2.45, 2.75) is 52.1 Å². The van der Waals surface area contributed by atoms with E-state index in [4.69, 9.17) is 9.47 Å². The lowest BCUT2D eigenvalue weighted by Crippen LogP contribution is -2.25. The van der Waals surface area contributed by atoms with E-state index in [1.165, 1.54) is 25.7 Å². The summed E-state index contributed by atoms with van der Waals surface area (Å²) in [5.41, 5.74) is 1.14. The maximum absolute atomic E-state index is 5.43. The quantitative estimate of drug-likeness (QED) is 0.690. The molecule has 3 heteroatoms. The Balaban J connectivity index is 2.52. The Kier molecular flexibility index (Phi) is 7.34. The molecule has 1 atom stereocenters. The van der Waals surface area contributed by atoms with E-state index in [-0.39, 0.29) is 0 Å². The summed E-state index contributed by atoms with van der Waals surface area (Å²) < 4.78 is 10.7. The van der Waals surface area contributed by atoms with E-state index in [2.05, 4.69) is 25.2 Å². The summed E-state index contributed by atoms with van der Waals surface area (Å²) in [5.74, 6) is 1.62. The SMILES string of the molecule is CCCCCC(C)NCc1cccc(OC)c1OC. The van der Waals surface area contributed by atoms with Crippen molar-refractivity contribution in [3.05, 3.63) is 23.8 Å². The molecule has 0 fully saturated rings. The fourth-order valence-electron chi connectivity index (χ4n) is 2.18. The zero-order chi connectivity index (χ0) is 14.1. The summed E-state index contributed by atoms with van der Waals surface area (Å²) in [6, 6.07) is 6.53. The van der Waals surface area contributed by atoms with Crippen molar-refractivity contribution >= 4 is 0 Å². The van der Waals surface area contributed by atoms with Crippen molar-refractivity contribution in [3.8, 4) is 11.5 Å². The number of hydrogen-bond donors (Lipinski definition) is 1. The smallest absolute Gasteiger partial charge is 0.165 e. The Labute approximate surface area is 117 Å². The Hall–Kier alpha value is -1.22. The maximum Gasteiger partial charge on any atom is 0.165 e. The molecule has 0 saturated heterocycles. The normalized spacial score (nSPS) is 12.2. The number of hydrogen-bond acceptors (Lipinski definition) is 3. The Bertz CT molecular complexity index is 366. The van der Waals surface area contributed by atoms with Gasteiger partial charge in [0.2, 0.25) is 0 Å². The highest BCUT2D eigenvalue weighted by molar-refractivity contribution is 5.46. The monoisotopic (exact) mass is 265 g/mol.